The first kappa shape index (κ1) is 13.1. The van der Waals surface area contributed by atoms with Gasteiger partial charge in [-0.1, -0.05) is 18.2 Å². The van der Waals surface area contributed by atoms with Crippen LogP contribution < -0.4 is 15.4 Å². The van der Waals surface area contributed by atoms with Gasteiger partial charge in [0.2, 0.25) is 0 Å². The first-order chi connectivity index (χ1) is 9.26. The number of ether oxygens (including phenoxy) is 1. The Labute approximate surface area is 113 Å². The molecule has 0 radical (unpaired) electrons. The Balaban J connectivity index is 2.15. The molecule has 1 heterocycles. The Morgan fingerprint density at radius 3 is 2.63 bits per heavy atom. The van der Waals surface area contributed by atoms with Crippen molar-refractivity contribution in [3.8, 4) is 5.75 Å². The van der Waals surface area contributed by atoms with Crippen molar-refractivity contribution in [2.45, 2.75) is 13.5 Å². The molecule has 1 aromatic heterocycles. The highest BCUT2D eigenvalue weighted by Crippen LogP contribution is 2.21. The Morgan fingerprint density at radius 2 is 1.89 bits per heavy atom. The van der Waals surface area contributed by atoms with Gasteiger partial charge >= 0.3 is 0 Å². The normalized spacial score (nSPS) is 10.1. The zero-order valence-electron chi connectivity index (χ0n) is 11.4. The first-order valence-electron chi connectivity index (χ1n) is 6.11. The molecule has 19 heavy (non-hydrogen) atoms. The molecule has 0 unspecified atom stereocenters. The van der Waals surface area contributed by atoms with E-state index in [4.69, 9.17) is 4.74 Å². The number of rotatable bonds is 5. The summed E-state index contributed by atoms with van der Waals surface area (Å²) in [5, 5.41) is 6.35. The Hall–Kier alpha value is -2.30. The van der Waals surface area contributed by atoms with Crippen LogP contribution in [0.5, 0.6) is 5.75 Å². The van der Waals surface area contributed by atoms with Crippen LogP contribution in [-0.4, -0.2) is 24.1 Å². The van der Waals surface area contributed by atoms with Crippen LogP contribution in [0, 0.1) is 6.92 Å². The van der Waals surface area contributed by atoms with Gasteiger partial charge in [0.1, 0.15) is 23.7 Å². The zero-order chi connectivity index (χ0) is 13.7. The lowest BCUT2D eigenvalue weighted by Crippen LogP contribution is -2.07. The molecular weight excluding hydrogens is 240 g/mol. The van der Waals surface area contributed by atoms with E-state index < -0.39 is 0 Å². The molecular formula is C14H18N4O. The number of nitrogens with one attached hydrogen (secondary N) is 2. The van der Waals surface area contributed by atoms with Crippen LogP contribution in [0.25, 0.3) is 0 Å². The fourth-order valence-corrected chi connectivity index (χ4v) is 1.91. The Kier molecular flexibility index (Phi) is 4.18. The molecule has 5 nitrogen and oxygen atoms in total. The van der Waals surface area contributed by atoms with Crippen molar-refractivity contribution >= 4 is 11.6 Å². The van der Waals surface area contributed by atoms with Gasteiger partial charge in [0.05, 0.1) is 7.11 Å². The average Bonchev–Trinajstić information content (AvgIpc) is 2.46. The van der Waals surface area contributed by atoms with E-state index in [1.807, 2.05) is 38.2 Å². The molecule has 0 atom stereocenters. The minimum Gasteiger partial charge on any atom is -0.496 e. The molecule has 0 aliphatic carbocycles. The van der Waals surface area contributed by atoms with Crippen molar-refractivity contribution in [2.75, 3.05) is 24.8 Å². The summed E-state index contributed by atoms with van der Waals surface area (Å²) in [5.41, 5.74) is 2.09. The summed E-state index contributed by atoms with van der Waals surface area (Å²) in [7, 11) is 3.52. The summed E-state index contributed by atoms with van der Waals surface area (Å²) in [4.78, 5) is 8.41. The predicted molar refractivity (Wildman–Crippen MR) is 76.6 cm³/mol. The molecule has 0 amide bonds. The summed E-state index contributed by atoms with van der Waals surface area (Å²) in [6.07, 6.45) is 1.55. The molecule has 0 aliphatic heterocycles. The molecule has 0 spiro atoms. The van der Waals surface area contributed by atoms with Gasteiger partial charge in [-0.2, -0.15) is 0 Å². The standard InChI is InChI=1S/C14H18N4O/c1-10-13(15-2)17-9-18-14(10)16-8-11-6-4-5-7-12(11)19-3/h4-7,9H,8H2,1-3H3,(H2,15,16,17,18). The van der Waals surface area contributed by atoms with Crippen LogP contribution in [0.2, 0.25) is 0 Å². The molecule has 5 heteroatoms. The quantitative estimate of drug-likeness (QED) is 0.862. The van der Waals surface area contributed by atoms with Gasteiger partial charge in [0.25, 0.3) is 0 Å². The highest BCUT2D eigenvalue weighted by molar-refractivity contribution is 5.56. The van der Waals surface area contributed by atoms with Crippen LogP contribution in [-0.2, 0) is 6.54 Å². The van der Waals surface area contributed by atoms with Gasteiger partial charge in [-0.3, -0.25) is 0 Å². The van der Waals surface area contributed by atoms with E-state index in [0.717, 1.165) is 28.5 Å². The Morgan fingerprint density at radius 1 is 1.16 bits per heavy atom. The van der Waals surface area contributed by atoms with Crippen LogP contribution in [0.1, 0.15) is 11.1 Å². The summed E-state index contributed by atoms with van der Waals surface area (Å²) in [6, 6.07) is 7.92. The smallest absolute Gasteiger partial charge is 0.134 e. The fourth-order valence-electron chi connectivity index (χ4n) is 1.91. The van der Waals surface area contributed by atoms with Gasteiger partial charge in [-0.05, 0) is 13.0 Å². The largest absolute Gasteiger partial charge is 0.496 e. The third kappa shape index (κ3) is 2.93. The summed E-state index contributed by atoms with van der Waals surface area (Å²) < 4.78 is 5.32. The van der Waals surface area contributed by atoms with Crippen molar-refractivity contribution in [2.24, 2.45) is 0 Å². The molecule has 0 fully saturated rings. The highest BCUT2D eigenvalue weighted by Gasteiger charge is 2.06. The van der Waals surface area contributed by atoms with Gasteiger partial charge < -0.3 is 15.4 Å². The van der Waals surface area contributed by atoms with Crippen molar-refractivity contribution in [1.29, 1.82) is 0 Å². The molecule has 2 rings (SSSR count). The number of hydrogen-bond donors (Lipinski definition) is 2. The van der Waals surface area contributed by atoms with Gasteiger partial charge in [-0.25, -0.2) is 9.97 Å². The van der Waals surface area contributed by atoms with E-state index in [2.05, 4.69) is 20.6 Å². The van der Waals surface area contributed by atoms with E-state index in [0.29, 0.717) is 6.54 Å². The van der Waals surface area contributed by atoms with Crippen LogP contribution in [0.4, 0.5) is 11.6 Å². The third-order valence-electron chi connectivity index (χ3n) is 2.96. The number of nitrogens with zero attached hydrogens (tertiary/aromatic N) is 2. The molecule has 0 saturated carbocycles. The van der Waals surface area contributed by atoms with Crippen molar-refractivity contribution < 1.29 is 4.74 Å². The van der Waals surface area contributed by atoms with E-state index in [1.54, 1.807) is 13.4 Å². The molecule has 0 saturated heterocycles. The van der Waals surface area contributed by atoms with Gasteiger partial charge in [0, 0.05) is 24.7 Å². The molecule has 0 bridgehead atoms. The lowest BCUT2D eigenvalue weighted by Gasteiger charge is -2.12. The molecule has 1 aromatic carbocycles. The maximum atomic E-state index is 5.32. The summed E-state index contributed by atoms with van der Waals surface area (Å²) in [6.45, 7) is 2.64. The number of methoxy groups -OCH3 is 1. The number of hydrogen-bond acceptors (Lipinski definition) is 5. The molecule has 0 aliphatic rings. The van der Waals surface area contributed by atoms with Crippen LogP contribution in [0.3, 0.4) is 0 Å². The second kappa shape index (κ2) is 6.04. The fraction of sp³-hybridized carbons (Fsp3) is 0.286. The average molecular weight is 258 g/mol. The summed E-state index contributed by atoms with van der Waals surface area (Å²) in [5.74, 6) is 2.53. The highest BCUT2D eigenvalue weighted by atomic mass is 16.5. The topological polar surface area (TPSA) is 59.1 Å². The van der Waals surface area contributed by atoms with Crippen LogP contribution in [0.15, 0.2) is 30.6 Å². The number of benzene rings is 1. The van der Waals surface area contributed by atoms with E-state index >= 15 is 0 Å². The predicted octanol–water partition coefficient (Wildman–Crippen LogP) is 2.45. The maximum Gasteiger partial charge on any atom is 0.134 e. The summed E-state index contributed by atoms with van der Waals surface area (Å²) >= 11 is 0. The third-order valence-corrected chi connectivity index (χ3v) is 2.96. The SMILES string of the molecule is CNc1ncnc(NCc2ccccc2OC)c1C. The van der Waals surface area contributed by atoms with E-state index in [1.165, 1.54) is 0 Å². The number of aromatic nitrogens is 2. The van der Waals surface area contributed by atoms with Crippen molar-refractivity contribution in [3.63, 3.8) is 0 Å². The van der Waals surface area contributed by atoms with Gasteiger partial charge in [0.15, 0.2) is 0 Å². The maximum absolute atomic E-state index is 5.32. The van der Waals surface area contributed by atoms with E-state index in [9.17, 15) is 0 Å². The molecule has 2 N–H and O–H groups in total. The number of anilines is 2. The lowest BCUT2D eigenvalue weighted by molar-refractivity contribution is 0.410. The monoisotopic (exact) mass is 258 g/mol. The van der Waals surface area contributed by atoms with Gasteiger partial charge in [-0.15, -0.1) is 0 Å². The zero-order valence-corrected chi connectivity index (χ0v) is 11.4. The van der Waals surface area contributed by atoms with Crippen LogP contribution >= 0.6 is 0 Å². The van der Waals surface area contributed by atoms with E-state index in [-0.39, 0.29) is 0 Å². The van der Waals surface area contributed by atoms with Crippen molar-refractivity contribution in [1.82, 2.24) is 9.97 Å². The minimum atomic E-state index is 0.658. The molecule has 100 valence electrons. The second-order valence-corrected chi connectivity index (χ2v) is 4.11. The van der Waals surface area contributed by atoms with Crippen molar-refractivity contribution in [3.05, 3.63) is 41.7 Å². The first-order valence-corrected chi connectivity index (χ1v) is 6.11. The Bertz CT molecular complexity index is 557. The second-order valence-electron chi connectivity index (χ2n) is 4.11. The molecule has 2 aromatic rings. The lowest BCUT2D eigenvalue weighted by atomic mass is 10.2. The minimum absolute atomic E-state index is 0.658. The number of para-hydroxylation sites is 1.